The van der Waals surface area contributed by atoms with Gasteiger partial charge < -0.3 is 14.6 Å². The zero-order valence-corrected chi connectivity index (χ0v) is 16.3. The smallest absolute Gasteiger partial charge is 0.317 e. The standard InChI is InChI=1S/C21H30N4O2/c1-23(2)19(20-9-6-16-27-20)17-22-21(26)25-14-12-24(13-15-25)11-10-18-7-4-3-5-8-18/h3-9,16,19H,10-15,17H2,1-2H3,(H,22,26). The number of hydrogen-bond donors (Lipinski definition) is 1. The number of hydrogen-bond acceptors (Lipinski definition) is 4. The maximum atomic E-state index is 12.5. The first-order valence-corrected chi connectivity index (χ1v) is 9.62. The minimum Gasteiger partial charge on any atom is -0.468 e. The fourth-order valence-corrected chi connectivity index (χ4v) is 3.42. The normalized spacial score (nSPS) is 16.5. The van der Waals surface area contributed by atoms with Crippen LogP contribution in [-0.2, 0) is 6.42 Å². The van der Waals surface area contributed by atoms with Crippen LogP contribution in [0.2, 0.25) is 0 Å². The molecule has 2 amide bonds. The number of nitrogens with one attached hydrogen (secondary N) is 1. The molecule has 0 bridgehead atoms. The zero-order chi connectivity index (χ0) is 19.1. The molecule has 0 spiro atoms. The van der Waals surface area contributed by atoms with Crippen LogP contribution in [0.25, 0.3) is 0 Å². The summed E-state index contributed by atoms with van der Waals surface area (Å²) >= 11 is 0. The summed E-state index contributed by atoms with van der Waals surface area (Å²) in [5.74, 6) is 0.867. The van der Waals surface area contributed by atoms with Crippen LogP contribution in [0.3, 0.4) is 0 Å². The molecule has 146 valence electrons. The third kappa shape index (κ3) is 5.58. The molecule has 0 saturated carbocycles. The van der Waals surface area contributed by atoms with Crippen molar-refractivity contribution in [2.75, 3.05) is 53.4 Å². The average molecular weight is 370 g/mol. The molecule has 1 atom stereocenters. The Kier molecular flexibility index (Phi) is 6.90. The second-order valence-corrected chi connectivity index (χ2v) is 7.25. The van der Waals surface area contributed by atoms with E-state index >= 15 is 0 Å². The van der Waals surface area contributed by atoms with E-state index in [1.165, 1.54) is 5.56 Å². The van der Waals surface area contributed by atoms with Crippen molar-refractivity contribution in [2.24, 2.45) is 0 Å². The van der Waals surface area contributed by atoms with Gasteiger partial charge in [0, 0.05) is 39.3 Å². The molecular formula is C21H30N4O2. The molecule has 1 aliphatic rings. The Balaban J connectivity index is 1.40. The first-order valence-electron chi connectivity index (χ1n) is 9.62. The van der Waals surface area contributed by atoms with Gasteiger partial charge in [-0.25, -0.2) is 4.79 Å². The molecule has 6 nitrogen and oxygen atoms in total. The average Bonchev–Trinajstić information content (AvgIpc) is 3.22. The summed E-state index contributed by atoms with van der Waals surface area (Å²) in [5, 5.41) is 3.06. The number of benzene rings is 1. The third-order valence-corrected chi connectivity index (χ3v) is 5.16. The number of amides is 2. The van der Waals surface area contributed by atoms with Crippen LogP contribution in [-0.4, -0.2) is 74.1 Å². The largest absolute Gasteiger partial charge is 0.468 e. The molecule has 1 saturated heterocycles. The van der Waals surface area contributed by atoms with Crippen molar-refractivity contribution in [3.63, 3.8) is 0 Å². The minimum absolute atomic E-state index is 0.0103. The Labute approximate surface area is 161 Å². The van der Waals surface area contributed by atoms with E-state index in [2.05, 4.69) is 39.4 Å². The number of carbonyl (C=O) groups excluding carboxylic acids is 1. The number of furan rings is 1. The monoisotopic (exact) mass is 370 g/mol. The van der Waals surface area contributed by atoms with Gasteiger partial charge in [-0.2, -0.15) is 0 Å². The zero-order valence-electron chi connectivity index (χ0n) is 16.3. The molecule has 0 radical (unpaired) electrons. The van der Waals surface area contributed by atoms with Crippen molar-refractivity contribution in [2.45, 2.75) is 12.5 Å². The van der Waals surface area contributed by atoms with E-state index in [1.54, 1.807) is 6.26 Å². The predicted molar refractivity (Wildman–Crippen MR) is 107 cm³/mol. The summed E-state index contributed by atoms with van der Waals surface area (Å²) in [6.45, 7) is 4.97. The van der Waals surface area contributed by atoms with Crippen molar-refractivity contribution >= 4 is 6.03 Å². The molecule has 1 aromatic heterocycles. The number of rotatable bonds is 7. The Morgan fingerprint density at radius 2 is 1.85 bits per heavy atom. The second kappa shape index (κ2) is 9.58. The fourth-order valence-electron chi connectivity index (χ4n) is 3.42. The van der Waals surface area contributed by atoms with Gasteiger partial charge in [0.2, 0.25) is 0 Å². The molecule has 0 aliphatic carbocycles. The Morgan fingerprint density at radius 3 is 2.48 bits per heavy atom. The number of piperazine rings is 1. The highest BCUT2D eigenvalue weighted by molar-refractivity contribution is 5.74. The summed E-state index contributed by atoms with van der Waals surface area (Å²) in [4.78, 5) is 18.9. The molecule has 1 aromatic carbocycles. The van der Waals surface area contributed by atoms with Crippen molar-refractivity contribution < 1.29 is 9.21 Å². The quantitative estimate of drug-likeness (QED) is 0.813. The minimum atomic E-state index is 0.0103. The highest BCUT2D eigenvalue weighted by atomic mass is 16.3. The van der Waals surface area contributed by atoms with Gasteiger partial charge in [-0.1, -0.05) is 30.3 Å². The molecule has 6 heteroatoms. The van der Waals surface area contributed by atoms with Crippen molar-refractivity contribution in [1.82, 2.24) is 20.0 Å². The molecule has 1 aliphatic heterocycles. The molecule has 1 unspecified atom stereocenters. The Hall–Kier alpha value is -2.31. The molecule has 1 fully saturated rings. The van der Waals surface area contributed by atoms with Gasteiger partial charge in [-0.3, -0.25) is 9.80 Å². The maximum absolute atomic E-state index is 12.5. The molecule has 1 N–H and O–H groups in total. The van der Waals surface area contributed by atoms with Crippen LogP contribution < -0.4 is 5.32 Å². The fraction of sp³-hybridized carbons (Fsp3) is 0.476. The van der Waals surface area contributed by atoms with Gasteiger partial charge in [-0.05, 0) is 38.2 Å². The first kappa shape index (κ1) is 19.5. The van der Waals surface area contributed by atoms with E-state index in [0.29, 0.717) is 6.54 Å². The first-order chi connectivity index (χ1) is 13.1. The van der Waals surface area contributed by atoms with E-state index in [-0.39, 0.29) is 12.1 Å². The molecule has 27 heavy (non-hydrogen) atoms. The van der Waals surface area contributed by atoms with E-state index in [9.17, 15) is 4.79 Å². The third-order valence-electron chi connectivity index (χ3n) is 5.16. The van der Waals surface area contributed by atoms with Gasteiger partial charge in [-0.15, -0.1) is 0 Å². The van der Waals surface area contributed by atoms with E-state index < -0.39 is 0 Å². The maximum Gasteiger partial charge on any atom is 0.317 e. The van der Waals surface area contributed by atoms with Crippen molar-refractivity contribution in [1.29, 1.82) is 0 Å². The van der Waals surface area contributed by atoms with Crippen molar-refractivity contribution in [3.8, 4) is 0 Å². The molecular weight excluding hydrogens is 340 g/mol. The molecule has 2 aromatic rings. The summed E-state index contributed by atoms with van der Waals surface area (Å²) in [7, 11) is 3.98. The number of likely N-dealkylation sites (N-methyl/N-ethyl adjacent to an activating group) is 1. The lowest BCUT2D eigenvalue weighted by Crippen LogP contribution is -2.52. The van der Waals surface area contributed by atoms with Crippen molar-refractivity contribution in [3.05, 3.63) is 60.1 Å². The van der Waals surface area contributed by atoms with E-state index in [4.69, 9.17) is 4.42 Å². The molecule has 2 heterocycles. The predicted octanol–water partition coefficient (Wildman–Crippen LogP) is 2.45. The van der Waals surface area contributed by atoms with Gasteiger partial charge >= 0.3 is 6.03 Å². The Morgan fingerprint density at radius 1 is 1.11 bits per heavy atom. The summed E-state index contributed by atoms with van der Waals surface area (Å²) in [6.07, 6.45) is 2.73. The second-order valence-electron chi connectivity index (χ2n) is 7.25. The number of nitrogens with zero attached hydrogens (tertiary/aromatic N) is 3. The Bertz CT molecular complexity index is 679. The number of urea groups is 1. The topological polar surface area (TPSA) is 52.0 Å². The summed E-state index contributed by atoms with van der Waals surface area (Å²) < 4.78 is 5.50. The van der Waals surface area contributed by atoms with E-state index in [1.807, 2.05) is 37.2 Å². The van der Waals surface area contributed by atoms with Crippen LogP contribution in [0, 0.1) is 0 Å². The van der Waals surface area contributed by atoms with Crippen LogP contribution in [0.1, 0.15) is 17.4 Å². The highest BCUT2D eigenvalue weighted by Gasteiger charge is 2.23. The lowest BCUT2D eigenvalue weighted by Gasteiger charge is -2.35. The lowest BCUT2D eigenvalue weighted by molar-refractivity contribution is 0.137. The van der Waals surface area contributed by atoms with Gasteiger partial charge in [0.05, 0.1) is 12.3 Å². The van der Waals surface area contributed by atoms with Gasteiger partial charge in [0.25, 0.3) is 0 Å². The van der Waals surface area contributed by atoms with Crippen LogP contribution in [0.4, 0.5) is 4.79 Å². The summed E-state index contributed by atoms with van der Waals surface area (Å²) in [6, 6.07) is 14.4. The van der Waals surface area contributed by atoms with E-state index in [0.717, 1.165) is 44.9 Å². The SMILES string of the molecule is CN(C)C(CNC(=O)N1CCN(CCc2ccccc2)CC1)c1ccco1. The summed E-state index contributed by atoms with van der Waals surface area (Å²) in [5.41, 5.74) is 1.37. The van der Waals surface area contributed by atoms with Crippen LogP contribution in [0.5, 0.6) is 0 Å². The lowest BCUT2D eigenvalue weighted by atomic mass is 10.1. The number of carbonyl (C=O) groups is 1. The van der Waals surface area contributed by atoms with Gasteiger partial charge in [0.15, 0.2) is 0 Å². The highest BCUT2D eigenvalue weighted by Crippen LogP contribution is 2.17. The van der Waals surface area contributed by atoms with Crippen LogP contribution in [0.15, 0.2) is 53.1 Å². The molecule has 3 rings (SSSR count). The van der Waals surface area contributed by atoms with Crippen LogP contribution >= 0.6 is 0 Å². The van der Waals surface area contributed by atoms with Gasteiger partial charge in [0.1, 0.15) is 5.76 Å².